The minimum Gasteiger partial charge on any atom is -0.486 e. The van der Waals surface area contributed by atoms with Gasteiger partial charge in [-0.2, -0.15) is 0 Å². The molecule has 2 N–H and O–H groups in total. The lowest BCUT2D eigenvalue weighted by molar-refractivity contribution is 0.214. The fourth-order valence-corrected chi connectivity index (χ4v) is 3.07. The van der Waals surface area contributed by atoms with Crippen molar-refractivity contribution in [3.8, 4) is 5.75 Å². The Morgan fingerprint density at radius 3 is 2.63 bits per heavy atom. The summed E-state index contributed by atoms with van der Waals surface area (Å²) in [4.78, 5) is 9.16. The number of nitrogens with zero attached hydrogens (tertiary/aromatic N) is 2. The van der Waals surface area contributed by atoms with Crippen LogP contribution in [0.4, 0.5) is 4.39 Å². The predicted molar refractivity (Wildman–Crippen MR) is 121 cm³/mol. The summed E-state index contributed by atoms with van der Waals surface area (Å²) in [6.45, 7) is 9.94. The van der Waals surface area contributed by atoms with Gasteiger partial charge in [0.05, 0.1) is 18.8 Å². The molecule has 1 atom stereocenters. The zero-order chi connectivity index (χ0) is 18.9. The Morgan fingerprint density at radius 1 is 1.26 bits per heavy atom. The first-order chi connectivity index (χ1) is 12.5. The second kappa shape index (κ2) is 12.1. The van der Waals surface area contributed by atoms with Gasteiger partial charge < -0.3 is 15.4 Å². The second-order valence-corrected chi connectivity index (χ2v) is 7.20. The highest BCUT2D eigenvalue weighted by molar-refractivity contribution is 14.0. The zero-order valence-corrected chi connectivity index (χ0v) is 19.3. The number of guanidine groups is 1. The molecule has 0 aliphatic carbocycles. The summed E-state index contributed by atoms with van der Waals surface area (Å²) in [5.74, 6) is 1.02. The number of hydrogen-bond donors (Lipinski definition) is 2. The number of ether oxygens (including phenoxy) is 1. The maximum absolute atomic E-state index is 13.6. The van der Waals surface area contributed by atoms with E-state index in [9.17, 15) is 4.39 Å². The Balaban J connectivity index is 0.00000364. The van der Waals surface area contributed by atoms with Gasteiger partial charge in [-0.15, -0.1) is 35.3 Å². The molecule has 0 fully saturated rings. The van der Waals surface area contributed by atoms with Gasteiger partial charge in [0.1, 0.15) is 11.1 Å². The third-order valence-corrected chi connectivity index (χ3v) is 4.45. The Labute approximate surface area is 181 Å². The quantitative estimate of drug-likeness (QED) is 0.314. The van der Waals surface area contributed by atoms with E-state index in [0.717, 1.165) is 17.2 Å². The standard InChI is InChI=1S/C19H27FN4OS.HI/c1-5-21-19(23-11-18-24-16(12-26-18)13(2)3)22-10-14(4)25-17-9-7-6-8-15(17)20;/h6-9,12-14H,5,10-11H2,1-4H3,(H2,21,22,23);1H. The summed E-state index contributed by atoms with van der Waals surface area (Å²) < 4.78 is 19.3. The van der Waals surface area contributed by atoms with Crippen molar-refractivity contribution in [1.29, 1.82) is 0 Å². The van der Waals surface area contributed by atoms with Crippen molar-refractivity contribution in [3.63, 3.8) is 0 Å². The Hall–Kier alpha value is -1.42. The molecular formula is C19H28FIN4OS. The van der Waals surface area contributed by atoms with Crippen molar-refractivity contribution in [2.45, 2.75) is 46.3 Å². The number of rotatable bonds is 8. The molecule has 2 aromatic rings. The molecule has 1 heterocycles. The topological polar surface area (TPSA) is 58.5 Å². The summed E-state index contributed by atoms with van der Waals surface area (Å²) >= 11 is 1.63. The van der Waals surface area contributed by atoms with E-state index in [2.05, 4.69) is 39.8 Å². The van der Waals surface area contributed by atoms with Crippen LogP contribution in [0.25, 0.3) is 0 Å². The number of halogens is 2. The maximum Gasteiger partial charge on any atom is 0.191 e. The highest BCUT2D eigenvalue weighted by Gasteiger charge is 2.09. The number of nitrogens with one attached hydrogen (secondary N) is 2. The first-order valence-corrected chi connectivity index (χ1v) is 9.75. The summed E-state index contributed by atoms with van der Waals surface area (Å²) in [7, 11) is 0. The van der Waals surface area contributed by atoms with Crippen molar-refractivity contribution >= 4 is 41.3 Å². The summed E-state index contributed by atoms with van der Waals surface area (Å²) in [6, 6.07) is 6.41. The molecule has 0 aliphatic rings. The lowest BCUT2D eigenvalue weighted by Crippen LogP contribution is -2.41. The van der Waals surface area contributed by atoms with Gasteiger partial charge in [-0.3, -0.25) is 0 Å². The first kappa shape index (κ1) is 23.6. The minimum absolute atomic E-state index is 0. The highest BCUT2D eigenvalue weighted by atomic mass is 127. The molecule has 0 bridgehead atoms. The number of benzene rings is 1. The first-order valence-electron chi connectivity index (χ1n) is 8.87. The van der Waals surface area contributed by atoms with E-state index in [1.165, 1.54) is 6.07 Å². The zero-order valence-electron chi connectivity index (χ0n) is 16.2. The molecule has 1 aromatic heterocycles. The van der Waals surface area contributed by atoms with E-state index in [-0.39, 0.29) is 41.6 Å². The van der Waals surface area contributed by atoms with Crippen LogP contribution in [-0.2, 0) is 6.54 Å². The van der Waals surface area contributed by atoms with Crippen LogP contribution in [0, 0.1) is 5.82 Å². The Bertz CT molecular complexity index is 723. The van der Waals surface area contributed by atoms with Crippen molar-refractivity contribution < 1.29 is 9.13 Å². The smallest absolute Gasteiger partial charge is 0.191 e. The molecule has 0 saturated heterocycles. The van der Waals surface area contributed by atoms with E-state index in [1.807, 2.05) is 13.8 Å². The maximum atomic E-state index is 13.6. The van der Waals surface area contributed by atoms with Gasteiger partial charge in [-0.1, -0.05) is 26.0 Å². The Morgan fingerprint density at radius 2 is 2.00 bits per heavy atom. The second-order valence-electron chi connectivity index (χ2n) is 6.26. The molecule has 27 heavy (non-hydrogen) atoms. The van der Waals surface area contributed by atoms with E-state index >= 15 is 0 Å². The van der Waals surface area contributed by atoms with Crippen molar-refractivity contribution in [1.82, 2.24) is 15.6 Å². The van der Waals surface area contributed by atoms with Crippen LogP contribution in [0.3, 0.4) is 0 Å². The summed E-state index contributed by atoms with van der Waals surface area (Å²) in [5.41, 5.74) is 1.10. The number of aliphatic imine (C=N–C) groups is 1. The number of para-hydroxylation sites is 1. The molecule has 0 saturated carbocycles. The predicted octanol–water partition coefficient (Wildman–Crippen LogP) is 4.55. The van der Waals surface area contributed by atoms with Crippen molar-refractivity contribution in [2.75, 3.05) is 13.1 Å². The average Bonchev–Trinajstić information content (AvgIpc) is 3.09. The number of hydrogen-bond acceptors (Lipinski definition) is 4. The summed E-state index contributed by atoms with van der Waals surface area (Å²) in [6.07, 6.45) is -0.205. The fraction of sp³-hybridized carbons (Fsp3) is 0.474. The molecule has 1 unspecified atom stereocenters. The number of aromatic nitrogens is 1. The highest BCUT2D eigenvalue weighted by Crippen LogP contribution is 2.18. The molecule has 0 aliphatic heterocycles. The third-order valence-electron chi connectivity index (χ3n) is 3.60. The van der Waals surface area contributed by atoms with E-state index in [4.69, 9.17) is 4.74 Å². The molecule has 0 amide bonds. The molecule has 1 aromatic carbocycles. The van der Waals surface area contributed by atoms with Crippen LogP contribution in [0.5, 0.6) is 5.75 Å². The lowest BCUT2D eigenvalue weighted by Gasteiger charge is -2.17. The van der Waals surface area contributed by atoms with Crippen LogP contribution >= 0.6 is 35.3 Å². The van der Waals surface area contributed by atoms with Crippen molar-refractivity contribution in [3.05, 3.63) is 46.2 Å². The van der Waals surface area contributed by atoms with Crippen LogP contribution in [-0.4, -0.2) is 30.1 Å². The monoisotopic (exact) mass is 506 g/mol. The van der Waals surface area contributed by atoms with Crippen LogP contribution in [0.2, 0.25) is 0 Å². The van der Waals surface area contributed by atoms with Crippen molar-refractivity contribution in [2.24, 2.45) is 4.99 Å². The van der Waals surface area contributed by atoms with Gasteiger partial charge in [0.25, 0.3) is 0 Å². The molecule has 0 radical (unpaired) electrons. The molecule has 8 heteroatoms. The molecular weight excluding hydrogens is 478 g/mol. The minimum atomic E-state index is -0.357. The van der Waals surface area contributed by atoms with E-state index in [1.54, 1.807) is 29.5 Å². The van der Waals surface area contributed by atoms with Gasteiger partial charge >= 0.3 is 0 Å². The summed E-state index contributed by atoms with van der Waals surface area (Å²) in [5, 5.41) is 9.50. The normalized spacial score (nSPS) is 12.4. The molecule has 2 rings (SSSR count). The number of thiazole rings is 1. The van der Waals surface area contributed by atoms with E-state index < -0.39 is 0 Å². The van der Waals surface area contributed by atoms with Crippen LogP contribution in [0.15, 0.2) is 34.6 Å². The molecule has 0 spiro atoms. The van der Waals surface area contributed by atoms with Gasteiger partial charge in [0.2, 0.25) is 0 Å². The average molecular weight is 506 g/mol. The lowest BCUT2D eigenvalue weighted by atomic mass is 10.2. The third kappa shape index (κ3) is 8.00. The Kier molecular flexibility index (Phi) is 10.6. The van der Waals surface area contributed by atoms with Gasteiger partial charge in [-0.05, 0) is 31.9 Å². The van der Waals surface area contributed by atoms with Gasteiger partial charge in [-0.25, -0.2) is 14.4 Å². The molecule has 150 valence electrons. The van der Waals surface area contributed by atoms with Gasteiger partial charge in [0.15, 0.2) is 17.5 Å². The van der Waals surface area contributed by atoms with Crippen LogP contribution < -0.4 is 15.4 Å². The molecule has 5 nitrogen and oxygen atoms in total. The fourth-order valence-electron chi connectivity index (χ4n) is 2.19. The van der Waals surface area contributed by atoms with Gasteiger partial charge in [0, 0.05) is 11.9 Å². The SMILES string of the molecule is CCNC(=NCc1nc(C(C)C)cs1)NCC(C)Oc1ccccc1F.I. The van der Waals surface area contributed by atoms with Crippen LogP contribution in [0.1, 0.15) is 44.3 Å². The van der Waals surface area contributed by atoms with E-state index in [0.29, 0.717) is 25.0 Å². The largest absolute Gasteiger partial charge is 0.486 e.